The second kappa shape index (κ2) is 4.71. The molecule has 2 rings (SSSR count). The van der Waals surface area contributed by atoms with E-state index in [0.29, 0.717) is 12.5 Å². The molecule has 0 aliphatic heterocycles. The minimum Gasteiger partial charge on any atom is -0.370 e. The molecule has 0 bridgehead atoms. The summed E-state index contributed by atoms with van der Waals surface area (Å²) in [6, 6.07) is 7.00. The molecular weight excluding hydrogens is 218 g/mol. The molecular formula is C12H17N3O2. The highest BCUT2D eigenvalue weighted by Crippen LogP contribution is 2.36. The predicted octanol–water partition coefficient (Wildman–Crippen LogP) is 1.77. The van der Waals surface area contributed by atoms with E-state index in [2.05, 4.69) is 4.90 Å². The monoisotopic (exact) mass is 235 g/mol. The first-order chi connectivity index (χ1) is 8.13. The number of nitro groups is 1. The lowest BCUT2D eigenvalue weighted by Crippen LogP contribution is -2.39. The molecule has 0 spiro atoms. The molecule has 1 aromatic rings. The maximum Gasteiger partial charge on any atom is 0.271 e. The number of likely N-dealkylation sites (N-methyl/N-ethyl adjacent to an activating group) is 1. The summed E-state index contributed by atoms with van der Waals surface area (Å²) in [6.45, 7) is 0.587. The smallest absolute Gasteiger partial charge is 0.271 e. The van der Waals surface area contributed by atoms with Gasteiger partial charge in [-0.15, -0.1) is 0 Å². The van der Waals surface area contributed by atoms with Crippen molar-refractivity contribution in [2.75, 3.05) is 18.5 Å². The van der Waals surface area contributed by atoms with Crippen LogP contribution in [0.15, 0.2) is 24.3 Å². The molecule has 17 heavy (non-hydrogen) atoms. The topological polar surface area (TPSA) is 72.4 Å². The normalized spacial score (nSPS) is 16.6. The molecule has 92 valence electrons. The SMILES string of the molecule is CN(c1cccc([N+](=O)[O-])c1)C(CN)C1CC1. The summed E-state index contributed by atoms with van der Waals surface area (Å²) in [5, 5.41) is 10.7. The van der Waals surface area contributed by atoms with Crippen LogP contribution in [0.4, 0.5) is 11.4 Å². The Kier molecular flexibility index (Phi) is 3.28. The largest absolute Gasteiger partial charge is 0.370 e. The number of anilines is 1. The zero-order valence-corrected chi connectivity index (χ0v) is 9.87. The molecule has 0 aromatic heterocycles. The van der Waals surface area contributed by atoms with Crippen LogP contribution in [0, 0.1) is 16.0 Å². The lowest BCUT2D eigenvalue weighted by atomic mass is 10.1. The van der Waals surface area contributed by atoms with Crippen LogP contribution in [-0.2, 0) is 0 Å². The van der Waals surface area contributed by atoms with E-state index in [4.69, 9.17) is 5.73 Å². The van der Waals surface area contributed by atoms with Crippen molar-refractivity contribution in [3.05, 3.63) is 34.4 Å². The fourth-order valence-corrected chi connectivity index (χ4v) is 2.17. The van der Waals surface area contributed by atoms with E-state index in [9.17, 15) is 10.1 Å². The molecule has 1 atom stereocenters. The Labute approximate surface area is 100 Å². The second-order valence-electron chi connectivity index (χ2n) is 4.53. The van der Waals surface area contributed by atoms with Gasteiger partial charge in [0.1, 0.15) is 0 Å². The number of nitrogens with two attached hydrogens (primary N) is 1. The van der Waals surface area contributed by atoms with Gasteiger partial charge in [0.2, 0.25) is 0 Å². The van der Waals surface area contributed by atoms with Crippen molar-refractivity contribution in [2.24, 2.45) is 11.7 Å². The molecule has 1 fully saturated rings. The Balaban J connectivity index is 2.20. The van der Waals surface area contributed by atoms with Crippen molar-refractivity contribution in [3.63, 3.8) is 0 Å². The maximum absolute atomic E-state index is 10.7. The van der Waals surface area contributed by atoms with Gasteiger partial charge in [-0.3, -0.25) is 10.1 Å². The summed E-state index contributed by atoms with van der Waals surface area (Å²) in [5.74, 6) is 0.643. The predicted molar refractivity (Wildman–Crippen MR) is 67.1 cm³/mol. The molecule has 0 radical (unpaired) electrons. The van der Waals surface area contributed by atoms with Gasteiger partial charge >= 0.3 is 0 Å². The van der Waals surface area contributed by atoms with Gasteiger partial charge in [0.25, 0.3) is 5.69 Å². The second-order valence-corrected chi connectivity index (χ2v) is 4.53. The summed E-state index contributed by atoms with van der Waals surface area (Å²) in [6.07, 6.45) is 2.42. The highest BCUT2D eigenvalue weighted by Gasteiger charge is 2.33. The Morgan fingerprint density at radius 1 is 1.59 bits per heavy atom. The molecule has 1 aliphatic carbocycles. The van der Waals surface area contributed by atoms with Crippen LogP contribution in [0.1, 0.15) is 12.8 Å². The highest BCUT2D eigenvalue weighted by molar-refractivity contribution is 5.53. The van der Waals surface area contributed by atoms with Crippen LogP contribution in [0.5, 0.6) is 0 Å². The first kappa shape index (κ1) is 11.9. The van der Waals surface area contributed by atoms with Gasteiger partial charge in [-0.1, -0.05) is 6.07 Å². The van der Waals surface area contributed by atoms with Crippen molar-refractivity contribution in [2.45, 2.75) is 18.9 Å². The average Bonchev–Trinajstić information content (AvgIpc) is 3.14. The Morgan fingerprint density at radius 2 is 2.29 bits per heavy atom. The van der Waals surface area contributed by atoms with Crippen LogP contribution < -0.4 is 10.6 Å². The first-order valence-corrected chi connectivity index (χ1v) is 5.81. The van der Waals surface area contributed by atoms with Gasteiger partial charge in [-0.2, -0.15) is 0 Å². The molecule has 1 aliphatic rings. The quantitative estimate of drug-likeness (QED) is 0.623. The molecule has 1 saturated carbocycles. The third-order valence-corrected chi connectivity index (χ3v) is 3.35. The Hall–Kier alpha value is -1.62. The lowest BCUT2D eigenvalue weighted by Gasteiger charge is -2.29. The minimum atomic E-state index is -0.369. The van der Waals surface area contributed by atoms with Crippen molar-refractivity contribution in [1.29, 1.82) is 0 Å². The summed E-state index contributed by atoms with van der Waals surface area (Å²) in [5.41, 5.74) is 6.76. The third kappa shape index (κ3) is 2.55. The number of nitro benzene ring substituents is 1. The summed E-state index contributed by atoms with van der Waals surface area (Å²) in [7, 11) is 1.95. The van der Waals surface area contributed by atoms with Crippen molar-refractivity contribution < 1.29 is 4.92 Å². The summed E-state index contributed by atoms with van der Waals surface area (Å²) >= 11 is 0. The van der Waals surface area contributed by atoms with Gasteiger partial charge in [-0.05, 0) is 24.8 Å². The Bertz CT molecular complexity index is 418. The first-order valence-electron chi connectivity index (χ1n) is 5.81. The molecule has 2 N–H and O–H groups in total. The van der Waals surface area contributed by atoms with Gasteiger partial charge in [0.15, 0.2) is 0 Å². The molecule has 0 heterocycles. The Morgan fingerprint density at radius 3 is 2.82 bits per heavy atom. The van der Waals surface area contributed by atoms with E-state index < -0.39 is 0 Å². The van der Waals surface area contributed by atoms with Gasteiger partial charge in [0.05, 0.1) is 4.92 Å². The van der Waals surface area contributed by atoms with Crippen molar-refractivity contribution in [3.8, 4) is 0 Å². The molecule has 5 heteroatoms. The zero-order valence-electron chi connectivity index (χ0n) is 9.87. The van der Waals surface area contributed by atoms with Gasteiger partial charge in [-0.25, -0.2) is 0 Å². The van der Waals surface area contributed by atoms with Gasteiger partial charge < -0.3 is 10.6 Å². The maximum atomic E-state index is 10.7. The fraction of sp³-hybridized carbons (Fsp3) is 0.500. The van der Waals surface area contributed by atoms with Gasteiger partial charge in [0, 0.05) is 37.5 Å². The standard InChI is InChI=1S/C12H17N3O2/c1-14(12(8-13)9-5-6-9)10-3-2-4-11(7-10)15(16)17/h2-4,7,9,12H,5-6,8,13H2,1H3. The minimum absolute atomic E-state index is 0.126. The number of non-ortho nitro benzene ring substituents is 1. The van der Waals surface area contributed by atoms with E-state index >= 15 is 0 Å². The molecule has 1 unspecified atom stereocenters. The van der Waals surface area contributed by atoms with Crippen LogP contribution >= 0.6 is 0 Å². The molecule has 1 aromatic carbocycles. The number of rotatable bonds is 5. The number of hydrogen-bond acceptors (Lipinski definition) is 4. The number of nitrogens with zero attached hydrogens (tertiary/aromatic N) is 2. The third-order valence-electron chi connectivity index (χ3n) is 3.35. The van der Waals surface area contributed by atoms with Crippen LogP contribution in [0.3, 0.4) is 0 Å². The van der Waals surface area contributed by atoms with E-state index in [1.165, 1.54) is 18.9 Å². The van der Waals surface area contributed by atoms with E-state index in [1.54, 1.807) is 12.1 Å². The van der Waals surface area contributed by atoms with E-state index in [1.807, 2.05) is 13.1 Å². The summed E-state index contributed by atoms with van der Waals surface area (Å²) in [4.78, 5) is 12.4. The number of hydrogen-bond donors (Lipinski definition) is 1. The van der Waals surface area contributed by atoms with Crippen LogP contribution in [0.2, 0.25) is 0 Å². The fourth-order valence-electron chi connectivity index (χ4n) is 2.17. The van der Waals surface area contributed by atoms with E-state index in [-0.39, 0.29) is 16.7 Å². The summed E-state index contributed by atoms with van der Waals surface area (Å²) < 4.78 is 0. The van der Waals surface area contributed by atoms with Crippen LogP contribution in [-0.4, -0.2) is 24.6 Å². The molecule has 0 amide bonds. The van der Waals surface area contributed by atoms with Crippen molar-refractivity contribution >= 4 is 11.4 Å². The molecule has 0 saturated heterocycles. The van der Waals surface area contributed by atoms with E-state index in [0.717, 1.165) is 5.69 Å². The zero-order chi connectivity index (χ0) is 12.4. The van der Waals surface area contributed by atoms with Crippen LogP contribution in [0.25, 0.3) is 0 Å². The number of benzene rings is 1. The lowest BCUT2D eigenvalue weighted by molar-refractivity contribution is -0.384. The molecule has 5 nitrogen and oxygen atoms in total. The highest BCUT2D eigenvalue weighted by atomic mass is 16.6. The van der Waals surface area contributed by atoms with Crippen molar-refractivity contribution in [1.82, 2.24) is 0 Å². The average molecular weight is 235 g/mol.